The molecular weight excluding hydrogens is 250 g/mol. The number of hydrogen-bond acceptors (Lipinski definition) is 2. The topological polar surface area (TPSA) is 38.1 Å². The molecule has 0 unspecified atom stereocenters. The summed E-state index contributed by atoms with van der Waals surface area (Å²) >= 11 is 0. The molecule has 1 fully saturated rings. The van der Waals surface area contributed by atoms with Gasteiger partial charge >= 0.3 is 0 Å². The van der Waals surface area contributed by atoms with E-state index in [4.69, 9.17) is 0 Å². The van der Waals surface area contributed by atoms with Gasteiger partial charge in [0.05, 0.1) is 17.6 Å². The van der Waals surface area contributed by atoms with Gasteiger partial charge in [0.15, 0.2) is 0 Å². The smallest absolute Gasteiger partial charge is 0.255 e. The van der Waals surface area contributed by atoms with Crippen molar-refractivity contribution < 1.29 is 4.79 Å². The number of carbonyl (C=O) groups is 1. The van der Waals surface area contributed by atoms with Gasteiger partial charge in [-0.3, -0.25) is 4.79 Å². The van der Waals surface area contributed by atoms with Gasteiger partial charge in [0, 0.05) is 25.5 Å². The number of likely N-dealkylation sites (tertiary alicyclic amines) is 1. The average molecular weight is 269 g/mol. The number of hydrogen-bond donors (Lipinski definition) is 0. The molecule has 0 atom stereocenters. The zero-order valence-electron chi connectivity index (χ0n) is 11.7. The predicted octanol–water partition coefficient (Wildman–Crippen LogP) is 2.81. The van der Waals surface area contributed by atoms with Gasteiger partial charge in [-0.1, -0.05) is 11.6 Å². The monoisotopic (exact) mass is 269 g/mol. The van der Waals surface area contributed by atoms with Crippen LogP contribution in [-0.4, -0.2) is 33.4 Å². The molecule has 0 N–H and O–H groups in total. The van der Waals surface area contributed by atoms with Crippen molar-refractivity contribution in [1.29, 1.82) is 0 Å². The highest BCUT2D eigenvalue weighted by Crippen LogP contribution is 2.20. The molecule has 0 spiro atoms. The number of rotatable bonds is 2. The first-order valence-electron chi connectivity index (χ1n) is 7.14. The molecule has 1 saturated heterocycles. The first-order valence-corrected chi connectivity index (χ1v) is 7.14. The summed E-state index contributed by atoms with van der Waals surface area (Å²) in [6.07, 6.45) is 8.78. The number of carbonyl (C=O) groups excluding carboxylic acids is 1. The zero-order chi connectivity index (χ0) is 13.9. The second kappa shape index (κ2) is 5.49. The van der Waals surface area contributed by atoms with E-state index in [1.54, 1.807) is 12.5 Å². The average Bonchev–Trinajstić information content (AvgIpc) is 3.01. The Morgan fingerprint density at radius 3 is 2.70 bits per heavy atom. The maximum atomic E-state index is 12.8. The molecule has 0 bridgehead atoms. The quantitative estimate of drug-likeness (QED) is 0.840. The fourth-order valence-electron chi connectivity index (χ4n) is 2.72. The van der Waals surface area contributed by atoms with E-state index in [1.165, 1.54) is 6.42 Å². The summed E-state index contributed by atoms with van der Waals surface area (Å²) in [4.78, 5) is 18.8. The molecule has 2 heterocycles. The van der Waals surface area contributed by atoms with E-state index in [-0.39, 0.29) is 5.91 Å². The van der Waals surface area contributed by atoms with E-state index in [0.29, 0.717) is 0 Å². The van der Waals surface area contributed by atoms with Crippen molar-refractivity contribution in [3.05, 3.63) is 48.0 Å². The summed E-state index contributed by atoms with van der Waals surface area (Å²) in [7, 11) is 0. The highest BCUT2D eigenvalue weighted by atomic mass is 16.2. The van der Waals surface area contributed by atoms with Gasteiger partial charge in [-0.2, -0.15) is 0 Å². The van der Waals surface area contributed by atoms with Crippen molar-refractivity contribution in [3.63, 3.8) is 0 Å². The summed E-state index contributed by atoms with van der Waals surface area (Å²) in [5, 5.41) is 0. The van der Waals surface area contributed by atoms with E-state index in [0.717, 1.165) is 42.7 Å². The lowest BCUT2D eigenvalue weighted by Crippen LogP contribution is -2.36. The van der Waals surface area contributed by atoms with Crippen LogP contribution in [0.3, 0.4) is 0 Å². The third-order valence-corrected chi connectivity index (χ3v) is 3.81. The maximum Gasteiger partial charge on any atom is 0.255 e. The van der Waals surface area contributed by atoms with Crippen molar-refractivity contribution in [2.24, 2.45) is 0 Å². The van der Waals surface area contributed by atoms with Gasteiger partial charge in [-0.15, -0.1) is 0 Å². The highest BCUT2D eigenvalue weighted by Gasteiger charge is 2.21. The van der Waals surface area contributed by atoms with Crippen LogP contribution in [0.15, 0.2) is 36.9 Å². The maximum absolute atomic E-state index is 12.8. The largest absolute Gasteiger partial charge is 0.339 e. The van der Waals surface area contributed by atoms with Crippen molar-refractivity contribution in [2.45, 2.75) is 26.2 Å². The normalized spacial score (nSPS) is 15.3. The van der Waals surface area contributed by atoms with Crippen molar-refractivity contribution >= 4 is 5.91 Å². The number of benzene rings is 1. The summed E-state index contributed by atoms with van der Waals surface area (Å²) in [5.41, 5.74) is 2.78. The lowest BCUT2D eigenvalue weighted by Gasteiger charge is -2.27. The standard InChI is InChI=1S/C16H19N3O/c1-13-5-6-15(19-10-7-17-12-19)14(11-13)16(20)18-8-3-2-4-9-18/h5-7,10-12H,2-4,8-9H2,1H3. The molecule has 0 saturated carbocycles. The molecular formula is C16H19N3O. The highest BCUT2D eigenvalue weighted by molar-refractivity contribution is 5.98. The van der Waals surface area contributed by atoms with Gasteiger partial charge in [-0.25, -0.2) is 4.98 Å². The minimum Gasteiger partial charge on any atom is -0.339 e. The molecule has 0 radical (unpaired) electrons. The Morgan fingerprint density at radius 1 is 1.20 bits per heavy atom. The molecule has 3 rings (SSSR count). The van der Waals surface area contributed by atoms with Crippen molar-refractivity contribution in [2.75, 3.05) is 13.1 Å². The van der Waals surface area contributed by atoms with Crippen molar-refractivity contribution in [1.82, 2.24) is 14.5 Å². The van der Waals surface area contributed by atoms with Crippen LogP contribution in [0.2, 0.25) is 0 Å². The van der Waals surface area contributed by atoms with Crippen LogP contribution in [-0.2, 0) is 0 Å². The number of imidazole rings is 1. The number of amides is 1. The molecule has 1 amide bonds. The molecule has 0 aliphatic carbocycles. The lowest BCUT2D eigenvalue weighted by molar-refractivity contribution is 0.0724. The van der Waals surface area contributed by atoms with E-state index >= 15 is 0 Å². The molecule has 1 aliphatic heterocycles. The zero-order valence-corrected chi connectivity index (χ0v) is 11.7. The Bertz CT molecular complexity index is 598. The first kappa shape index (κ1) is 12.9. The fraction of sp³-hybridized carbons (Fsp3) is 0.375. The fourth-order valence-corrected chi connectivity index (χ4v) is 2.72. The van der Waals surface area contributed by atoms with Gasteiger partial charge in [-0.05, 0) is 38.3 Å². The van der Waals surface area contributed by atoms with Gasteiger partial charge < -0.3 is 9.47 Å². The molecule has 4 nitrogen and oxygen atoms in total. The van der Waals surface area contributed by atoms with E-state index in [1.807, 2.05) is 40.8 Å². The Kier molecular flexibility index (Phi) is 3.54. The number of piperidine rings is 1. The van der Waals surface area contributed by atoms with Crippen molar-refractivity contribution in [3.8, 4) is 5.69 Å². The number of aromatic nitrogens is 2. The molecule has 4 heteroatoms. The first-order chi connectivity index (χ1) is 9.75. The third-order valence-electron chi connectivity index (χ3n) is 3.81. The number of nitrogens with zero attached hydrogens (tertiary/aromatic N) is 3. The molecule has 20 heavy (non-hydrogen) atoms. The molecule has 1 aliphatic rings. The Balaban J connectivity index is 1.98. The lowest BCUT2D eigenvalue weighted by atomic mass is 10.1. The summed E-state index contributed by atoms with van der Waals surface area (Å²) in [5.74, 6) is 0.136. The number of aryl methyl sites for hydroxylation is 1. The van der Waals surface area contributed by atoms with E-state index in [2.05, 4.69) is 4.98 Å². The van der Waals surface area contributed by atoms with Gasteiger partial charge in [0.25, 0.3) is 5.91 Å². The summed E-state index contributed by atoms with van der Waals surface area (Å²) in [6.45, 7) is 3.76. The van der Waals surface area contributed by atoms with Gasteiger partial charge in [0.1, 0.15) is 0 Å². The second-order valence-electron chi connectivity index (χ2n) is 5.34. The minimum atomic E-state index is 0.136. The van der Waals surface area contributed by atoms with Crippen LogP contribution >= 0.6 is 0 Å². The minimum absolute atomic E-state index is 0.136. The Morgan fingerprint density at radius 2 is 2.00 bits per heavy atom. The van der Waals surface area contributed by atoms with E-state index in [9.17, 15) is 4.79 Å². The van der Waals surface area contributed by atoms with Crippen LogP contribution in [0.1, 0.15) is 35.2 Å². The summed E-state index contributed by atoms with van der Waals surface area (Å²) in [6, 6.07) is 6.00. The molecule has 104 valence electrons. The van der Waals surface area contributed by atoms with E-state index < -0.39 is 0 Å². The second-order valence-corrected chi connectivity index (χ2v) is 5.34. The summed E-state index contributed by atoms with van der Waals surface area (Å²) < 4.78 is 1.90. The Hall–Kier alpha value is -2.10. The predicted molar refractivity (Wildman–Crippen MR) is 78.1 cm³/mol. The van der Waals surface area contributed by atoms with Crippen LogP contribution in [0.25, 0.3) is 5.69 Å². The van der Waals surface area contributed by atoms with Crippen LogP contribution in [0, 0.1) is 6.92 Å². The molecule has 1 aromatic carbocycles. The van der Waals surface area contributed by atoms with Crippen LogP contribution in [0.4, 0.5) is 0 Å². The third kappa shape index (κ3) is 2.46. The van der Waals surface area contributed by atoms with Crippen LogP contribution in [0.5, 0.6) is 0 Å². The molecule has 2 aromatic rings. The van der Waals surface area contributed by atoms with Crippen LogP contribution < -0.4 is 0 Å². The molecule has 1 aromatic heterocycles. The van der Waals surface area contributed by atoms with Gasteiger partial charge in [0.2, 0.25) is 0 Å². The Labute approximate surface area is 119 Å². The SMILES string of the molecule is Cc1ccc(-n2ccnc2)c(C(=O)N2CCCCC2)c1.